The van der Waals surface area contributed by atoms with E-state index in [1.165, 1.54) is 24.0 Å². The van der Waals surface area contributed by atoms with E-state index in [9.17, 15) is 0 Å². The molecule has 0 atom stereocenters. The highest BCUT2D eigenvalue weighted by atomic mass is 15.0. The van der Waals surface area contributed by atoms with Gasteiger partial charge >= 0.3 is 0 Å². The minimum Gasteiger partial charge on any atom is -0.373 e. The molecular formula is C20H24N4. The maximum Gasteiger partial charge on any atom is 0.135 e. The van der Waals surface area contributed by atoms with Crippen LogP contribution in [-0.2, 0) is 0 Å². The topological polar surface area (TPSA) is 53.6 Å². The zero-order valence-electron chi connectivity index (χ0n) is 14.8. The normalized spacial score (nSPS) is 14.5. The number of aromatic amines is 1. The molecular weight excluding hydrogens is 296 g/mol. The molecule has 2 N–H and O–H groups in total. The molecule has 1 saturated carbocycles. The fourth-order valence-electron chi connectivity index (χ4n) is 3.29. The van der Waals surface area contributed by atoms with Crippen molar-refractivity contribution in [1.82, 2.24) is 15.0 Å². The number of hydrogen-bond acceptors (Lipinski definition) is 3. The third-order valence-corrected chi connectivity index (χ3v) is 4.89. The Morgan fingerprint density at radius 2 is 2.00 bits per heavy atom. The molecule has 4 heteroatoms. The van der Waals surface area contributed by atoms with E-state index in [2.05, 4.69) is 49.3 Å². The number of hydrogen-bond donors (Lipinski definition) is 2. The molecule has 0 aromatic carbocycles. The van der Waals surface area contributed by atoms with Crippen molar-refractivity contribution in [1.29, 1.82) is 0 Å². The standard InChI is InChI=1S/C20H24N4/c1-11(2)16-8-7-14(20(21-4)23-16)19-15(13-5-6-13)9-17-18(24-19)12(3)10-22-17/h7-11,13,22H,5-6H2,1-4H3,(H,21,23). The molecule has 0 amide bonds. The summed E-state index contributed by atoms with van der Waals surface area (Å²) in [5.41, 5.74) is 8.02. The summed E-state index contributed by atoms with van der Waals surface area (Å²) in [6.07, 6.45) is 4.55. The molecule has 0 bridgehead atoms. The predicted molar refractivity (Wildman–Crippen MR) is 99.7 cm³/mol. The molecule has 0 spiro atoms. The summed E-state index contributed by atoms with van der Waals surface area (Å²) >= 11 is 0. The van der Waals surface area contributed by atoms with Crippen LogP contribution in [-0.4, -0.2) is 22.0 Å². The van der Waals surface area contributed by atoms with E-state index in [1.54, 1.807) is 0 Å². The summed E-state index contributed by atoms with van der Waals surface area (Å²) in [5.74, 6) is 1.97. The number of aromatic nitrogens is 3. The van der Waals surface area contributed by atoms with Crippen LogP contribution < -0.4 is 5.32 Å². The number of nitrogens with zero attached hydrogens (tertiary/aromatic N) is 2. The maximum absolute atomic E-state index is 5.04. The third-order valence-electron chi connectivity index (χ3n) is 4.89. The van der Waals surface area contributed by atoms with E-state index in [4.69, 9.17) is 9.97 Å². The Labute approximate surface area is 142 Å². The number of anilines is 1. The lowest BCUT2D eigenvalue weighted by atomic mass is 10.0. The van der Waals surface area contributed by atoms with Crippen molar-refractivity contribution < 1.29 is 0 Å². The van der Waals surface area contributed by atoms with Crippen molar-refractivity contribution in [2.24, 2.45) is 0 Å². The van der Waals surface area contributed by atoms with Crippen LogP contribution in [0.3, 0.4) is 0 Å². The molecule has 3 heterocycles. The zero-order valence-corrected chi connectivity index (χ0v) is 14.8. The van der Waals surface area contributed by atoms with Crippen LogP contribution in [0.15, 0.2) is 24.4 Å². The summed E-state index contributed by atoms with van der Waals surface area (Å²) < 4.78 is 0. The summed E-state index contributed by atoms with van der Waals surface area (Å²) in [7, 11) is 1.94. The summed E-state index contributed by atoms with van der Waals surface area (Å²) in [5, 5.41) is 3.27. The molecule has 3 aromatic rings. The third kappa shape index (κ3) is 2.46. The predicted octanol–water partition coefficient (Wildman–Crippen LogP) is 4.98. The highest BCUT2D eigenvalue weighted by Crippen LogP contribution is 2.45. The fraction of sp³-hybridized carbons (Fsp3) is 0.400. The fourth-order valence-corrected chi connectivity index (χ4v) is 3.29. The smallest absolute Gasteiger partial charge is 0.135 e. The first-order chi connectivity index (χ1) is 11.6. The van der Waals surface area contributed by atoms with Crippen molar-refractivity contribution >= 4 is 16.9 Å². The average Bonchev–Trinajstić information content (AvgIpc) is 3.37. The number of fused-ring (bicyclic) bond motifs is 1. The molecule has 4 rings (SSSR count). The van der Waals surface area contributed by atoms with Crippen molar-refractivity contribution in [2.45, 2.75) is 45.4 Å². The van der Waals surface area contributed by atoms with Gasteiger partial charge in [-0.15, -0.1) is 0 Å². The Morgan fingerprint density at radius 1 is 1.21 bits per heavy atom. The molecule has 1 aliphatic rings. The van der Waals surface area contributed by atoms with Crippen molar-refractivity contribution in [3.8, 4) is 11.3 Å². The van der Waals surface area contributed by atoms with Gasteiger partial charge in [0.1, 0.15) is 5.82 Å². The van der Waals surface area contributed by atoms with Gasteiger partial charge in [-0.2, -0.15) is 0 Å². The second-order valence-electron chi connectivity index (χ2n) is 7.11. The van der Waals surface area contributed by atoms with Crippen LogP contribution in [0.25, 0.3) is 22.3 Å². The van der Waals surface area contributed by atoms with E-state index >= 15 is 0 Å². The monoisotopic (exact) mass is 320 g/mol. The van der Waals surface area contributed by atoms with Gasteiger partial charge < -0.3 is 10.3 Å². The van der Waals surface area contributed by atoms with Gasteiger partial charge in [-0.3, -0.25) is 0 Å². The Kier molecular flexibility index (Phi) is 3.56. The molecule has 0 saturated heterocycles. The molecule has 3 aromatic heterocycles. The first-order valence-electron chi connectivity index (χ1n) is 8.76. The number of pyridine rings is 2. The lowest BCUT2D eigenvalue weighted by molar-refractivity contribution is 0.824. The van der Waals surface area contributed by atoms with E-state index in [-0.39, 0.29) is 0 Å². The average molecular weight is 320 g/mol. The van der Waals surface area contributed by atoms with Crippen molar-refractivity contribution in [2.75, 3.05) is 12.4 Å². The lowest BCUT2D eigenvalue weighted by Crippen LogP contribution is -2.03. The Bertz CT molecular complexity index is 903. The van der Waals surface area contributed by atoms with Crippen LogP contribution in [0.2, 0.25) is 0 Å². The first kappa shape index (κ1) is 15.2. The molecule has 1 fully saturated rings. The second kappa shape index (κ2) is 5.62. The van der Waals surface area contributed by atoms with E-state index < -0.39 is 0 Å². The molecule has 1 aliphatic carbocycles. The highest BCUT2D eigenvalue weighted by molar-refractivity contribution is 5.86. The van der Waals surface area contributed by atoms with Crippen LogP contribution in [0.1, 0.15) is 55.3 Å². The molecule has 124 valence electrons. The molecule has 0 radical (unpaired) electrons. The van der Waals surface area contributed by atoms with E-state index in [1.807, 2.05) is 13.2 Å². The van der Waals surface area contributed by atoms with Crippen LogP contribution >= 0.6 is 0 Å². The van der Waals surface area contributed by atoms with Gasteiger partial charge in [0.25, 0.3) is 0 Å². The van der Waals surface area contributed by atoms with E-state index in [0.29, 0.717) is 11.8 Å². The molecule has 0 aliphatic heterocycles. The Balaban J connectivity index is 1.94. The summed E-state index contributed by atoms with van der Waals surface area (Å²) in [6, 6.07) is 6.60. The van der Waals surface area contributed by atoms with Crippen LogP contribution in [0.5, 0.6) is 0 Å². The molecule has 0 unspecified atom stereocenters. The quantitative estimate of drug-likeness (QED) is 0.713. The van der Waals surface area contributed by atoms with Gasteiger partial charge in [-0.25, -0.2) is 9.97 Å². The number of nitrogens with one attached hydrogen (secondary N) is 2. The zero-order chi connectivity index (χ0) is 16.8. The van der Waals surface area contributed by atoms with Crippen LogP contribution in [0, 0.1) is 6.92 Å². The lowest BCUT2D eigenvalue weighted by Gasteiger charge is -2.15. The van der Waals surface area contributed by atoms with Gasteiger partial charge in [-0.1, -0.05) is 13.8 Å². The van der Waals surface area contributed by atoms with Gasteiger partial charge in [0.15, 0.2) is 0 Å². The number of rotatable bonds is 4. The highest BCUT2D eigenvalue weighted by Gasteiger charge is 2.29. The van der Waals surface area contributed by atoms with Gasteiger partial charge in [0, 0.05) is 24.5 Å². The van der Waals surface area contributed by atoms with Crippen LogP contribution in [0.4, 0.5) is 5.82 Å². The Morgan fingerprint density at radius 3 is 2.67 bits per heavy atom. The number of H-pyrrole nitrogens is 1. The minimum absolute atomic E-state index is 0.413. The molecule has 24 heavy (non-hydrogen) atoms. The van der Waals surface area contributed by atoms with E-state index in [0.717, 1.165) is 33.8 Å². The second-order valence-corrected chi connectivity index (χ2v) is 7.11. The minimum atomic E-state index is 0.413. The first-order valence-corrected chi connectivity index (χ1v) is 8.76. The molecule has 4 nitrogen and oxygen atoms in total. The maximum atomic E-state index is 5.04. The summed E-state index contributed by atoms with van der Waals surface area (Å²) in [6.45, 7) is 6.45. The van der Waals surface area contributed by atoms with Gasteiger partial charge in [0.2, 0.25) is 0 Å². The van der Waals surface area contributed by atoms with Gasteiger partial charge in [-0.05, 0) is 60.9 Å². The van der Waals surface area contributed by atoms with Crippen molar-refractivity contribution in [3.05, 3.63) is 41.2 Å². The number of aryl methyl sites for hydroxylation is 1. The largest absolute Gasteiger partial charge is 0.373 e. The van der Waals surface area contributed by atoms with Gasteiger partial charge in [0.05, 0.1) is 16.7 Å². The SMILES string of the molecule is CNc1nc(C(C)C)ccc1-c1nc2c(C)c[nH]c2cc1C1CC1. The summed E-state index contributed by atoms with van der Waals surface area (Å²) in [4.78, 5) is 13.2. The van der Waals surface area contributed by atoms with Crippen molar-refractivity contribution in [3.63, 3.8) is 0 Å². The Hall–Kier alpha value is -2.36.